The van der Waals surface area contributed by atoms with Crippen LogP contribution in [0.25, 0.3) is 44.5 Å². The van der Waals surface area contributed by atoms with Gasteiger partial charge in [0.25, 0.3) is 0 Å². The Morgan fingerprint density at radius 2 is 1.20 bits per heavy atom. The van der Waals surface area contributed by atoms with Gasteiger partial charge in [0.05, 0.1) is 5.39 Å². The van der Waals surface area contributed by atoms with E-state index >= 15 is 0 Å². The van der Waals surface area contributed by atoms with Crippen LogP contribution in [0.1, 0.15) is 0 Å². The number of anilines is 3. The molecule has 2 aromatic heterocycles. The van der Waals surface area contributed by atoms with Crippen molar-refractivity contribution in [3.8, 4) is 11.5 Å². The van der Waals surface area contributed by atoms with Crippen molar-refractivity contribution in [2.45, 2.75) is 0 Å². The topological polar surface area (TPSA) is 42.4 Å². The standard InChI is InChI=1S/C31H20N2O2/c1-4-10-21(11-5-1)31-32-26-18-19-27-29(30(26)35-31)25-17-16-24(20-28(25)34-27)33(22-12-6-2-7-13-22)23-14-8-3-9-15-23/h1-20H. The van der Waals surface area contributed by atoms with Crippen molar-refractivity contribution >= 4 is 50.1 Å². The fourth-order valence-electron chi connectivity index (χ4n) is 4.68. The first-order valence-corrected chi connectivity index (χ1v) is 11.6. The summed E-state index contributed by atoms with van der Waals surface area (Å²) >= 11 is 0. The van der Waals surface area contributed by atoms with Crippen molar-refractivity contribution in [3.05, 3.63) is 121 Å². The number of nitrogens with zero attached hydrogens (tertiary/aromatic N) is 2. The zero-order valence-corrected chi connectivity index (χ0v) is 18.8. The molecule has 0 saturated carbocycles. The molecule has 7 rings (SSSR count). The predicted molar refractivity (Wildman–Crippen MR) is 141 cm³/mol. The molecule has 4 heteroatoms. The van der Waals surface area contributed by atoms with Gasteiger partial charge in [-0.3, -0.25) is 0 Å². The Bertz CT molecular complexity index is 1750. The van der Waals surface area contributed by atoms with Gasteiger partial charge in [0.2, 0.25) is 5.89 Å². The van der Waals surface area contributed by atoms with Gasteiger partial charge < -0.3 is 13.7 Å². The lowest BCUT2D eigenvalue weighted by molar-refractivity contribution is 0.622. The summed E-state index contributed by atoms with van der Waals surface area (Å²) in [5.74, 6) is 0.610. The summed E-state index contributed by atoms with van der Waals surface area (Å²) < 4.78 is 12.6. The van der Waals surface area contributed by atoms with E-state index in [0.717, 1.165) is 55.7 Å². The Balaban J connectivity index is 1.42. The highest BCUT2D eigenvalue weighted by atomic mass is 16.4. The van der Waals surface area contributed by atoms with Crippen molar-refractivity contribution in [1.82, 2.24) is 4.98 Å². The highest BCUT2D eigenvalue weighted by molar-refractivity contribution is 6.16. The van der Waals surface area contributed by atoms with Crippen molar-refractivity contribution < 1.29 is 8.83 Å². The van der Waals surface area contributed by atoms with Crippen LogP contribution in [0.4, 0.5) is 17.1 Å². The number of hydrogen-bond acceptors (Lipinski definition) is 4. The first-order chi connectivity index (χ1) is 17.3. The number of oxazole rings is 1. The van der Waals surface area contributed by atoms with Gasteiger partial charge in [-0.15, -0.1) is 0 Å². The number of para-hydroxylation sites is 2. The van der Waals surface area contributed by atoms with Crippen molar-refractivity contribution in [1.29, 1.82) is 0 Å². The van der Waals surface area contributed by atoms with Crippen LogP contribution in [0.5, 0.6) is 0 Å². The van der Waals surface area contributed by atoms with E-state index in [1.807, 2.05) is 54.6 Å². The van der Waals surface area contributed by atoms with Gasteiger partial charge in [-0.05, 0) is 60.7 Å². The number of rotatable bonds is 4. The van der Waals surface area contributed by atoms with Crippen molar-refractivity contribution in [2.24, 2.45) is 0 Å². The lowest BCUT2D eigenvalue weighted by Gasteiger charge is -2.25. The normalized spacial score (nSPS) is 11.4. The molecule has 0 atom stereocenters. The highest BCUT2D eigenvalue weighted by Crippen LogP contribution is 2.40. The van der Waals surface area contributed by atoms with Crippen LogP contribution >= 0.6 is 0 Å². The second-order valence-corrected chi connectivity index (χ2v) is 8.46. The maximum Gasteiger partial charge on any atom is 0.227 e. The molecule has 0 aliphatic rings. The average Bonchev–Trinajstić information content (AvgIpc) is 3.52. The van der Waals surface area contributed by atoms with Gasteiger partial charge in [-0.25, -0.2) is 4.98 Å². The predicted octanol–water partition coefficient (Wildman–Crippen LogP) is 8.86. The first-order valence-electron chi connectivity index (χ1n) is 11.6. The van der Waals surface area contributed by atoms with Crippen LogP contribution in [0, 0.1) is 0 Å². The molecule has 0 aliphatic carbocycles. The van der Waals surface area contributed by atoms with E-state index in [4.69, 9.17) is 13.8 Å². The molecule has 5 aromatic carbocycles. The Morgan fingerprint density at radius 1 is 0.543 bits per heavy atom. The molecule has 4 nitrogen and oxygen atoms in total. The Morgan fingerprint density at radius 3 is 1.89 bits per heavy atom. The second kappa shape index (κ2) is 7.89. The third-order valence-corrected chi connectivity index (χ3v) is 6.28. The Hall–Kier alpha value is -4.83. The van der Waals surface area contributed by atoms with Gasteiger partial charge >= 0.3 is 0 Å². The van der Waals surface area contributed by atoms with Crippen LogP contribution in [-0.4, -0.2) is 4.98 Å². The maximum atomic E-state index is 6.32. The van der Waals surface area contributed by atoms with E-state index in [2.05, 4.69) is 71.6 Å². The summed E-state index contributed by atoms with van der Waals surface area (Å²) in [5.41, 5.74) is 7.29. The first kappa shape index (κ1) is 19.6. The van der Waals surface area contributed by atoms with Gasteiger partial charge in [0.1, 0.15) is 16.7 Å². The number of hydrogen-bond donors (Lipinski definition) is 0. The minimum Gasteiger partial charge on any atom is -0.456 e. The number of fused-ring (bicyclic) bond motifs is 5. The molecular weight excluding hydrogens is 432 g/mol. The molecule has 0 saturated heterocycles. The molecule has 0 N–H and O–H groups in total. The van der Waals surface area contributed by atoms with E-state index in [0.29, 0.717) is 5.89 Å². The van der Waals surface area contributed by atoms with Gasteiger partial charge in [-0.1, -0.05) is 54.6 Å². The molecule has 0 spiro atoms. The van der Waals surface area contributed by atoms with E-state index in [1.165, 1.54) is 0 Å². The fourth-order valence-corrected chi connectivity index (χ4v) is 4.68. The van der Waals surface area contributed by atoms with Crippen LogP contribution in [0.15, 0.2) is 130 Å². The Labute approximate surface area is 201 Å². The molecule has 0 radical (unpaired) electrons. The largest absolute Gasteiger partial charge is 0.456 e. The van der Waals surface area contributed by atoms with E-state index in [9.17, 15) is 0 Å². The lowest BCUT2D eigenvalue weighted by Crippen LogP contribution is -2.09. The summed E-state index contributed by atoms with van der Waals surface area (Å²) in [6.07, 6.45) is 0. The summed E-state index contributed by atoms with van der Waals surface area (Å²) in [4.78, 5) is 6.95. The van der Waals surface area contributed by atoms with E-state index < -0.39 is 0 Å². The molecule has 0 aliphatic heterocycles. The summed E-state index contributed by atoms with van der Waals surface area (Å²) in [6.45, 7) is 0. The molecule has 0 amide bonds. The van der Waals surface area contributed by atoms with Crippen molar-refractivity contribution in [2.75, 3.05) is 4.90 Å². The van der Waals surface area contributed by atoms with Gasteiger partial charge in [0.15, 0.2) is 5.58 Å². The maximum absolute atomic E-state index is 6.32. The van der Waals surface area contributed by atoms with Crippen molar-refractivity contribution in [3.63, 3.8) is 0 Å². The summed E-state index contributed by atoms with van der Waals surface area (Å²) in [7, 11) is 0. The Kier molecular flexibility index (Phi) is 4.42. The van der Waals surface area contributed by atoms with Gasteiger partial charge in [0, 0.05) is 34.1 Å². The van der Waals surface area contributed by atoms with Crippen LogP contribution < -0.4 is 4.90 Å². The zero-order chi connectivity index (χ0) is 23.2. The molecule has 0 bridgehead atoms. The molecule has 166 valence electrons. The van der Waals surface area contributed by atoms with Crippen LogP contribution in [0.3, 0.4) is 0 Å². The molecule has 0 fully saturated rings. The van der Waals surface area contributed by atoms with Crippen LogP contribution in [0.2, 0.25) is 0 Å². The molecule has 35 heavy (non-hydrogen) atoms. The van der Waals surface area contributed by atoms with Gasteiger partial charge in [-0.2, -0.15) is 0 Å². The summed E-state index contributed by atoms with van der Waals surface area (Å²) in [6, 6.07) is 40.9. The number of aromatic nitrogens is 1. The molecule has 7 aromatic rings. The molecular formula is C31H20N2O2. The average molecular weight is 453 g/mol. The molecule has 2 heterocycles. The quantitative estimate of drug-likeness (QED) is 0.267. The SMILES string of the molecule is c1ccc(-c2nc3ccc4oc5cc(N(c6ccccc6)c6ccccc6)ccc5c4c3o2)cc1. The van der Waals surface area contributed by atoms with E-state index in [1.54, 1.807) is 0 Å². The number of benzene rings is 5. The smallest absolute Gasteiger partial charge is 0.227 e. The van der Waals surface area contributed by atoms with E-state index in [-0.39, 0.29) is 0 Å². The zero-order valence-electron chi connectivity index (χ0n) is 18.8. The number of furan rings is 1. The second-order valence-electron chi connectivity index (χ2n) is 8.46. The third kappa shape index (κ3) is 3.27. The monoisotopic (exact) mass is 452 g/mol. The fraction of sp³-hybridized carbons (Fsp3) is 0. The summed E-state index contributed by atoms with van der Waals surface area (Å²) in [5, 5.41) is 1.95. The van der Waals surface area contributed by atoms with Crippen LogP contribution in [-0.2, 0) is 0 Å². The molecule has 0 unspecified atom stereocenters. The minimum atomic E-state index is 0.610. The lowest BCUT2D eigenvalue weighted by atomic mass is 10.1. The third-order valence-electron chi connectivity index (χ3n) is 6.28. The highest BCUT2D eigenvalue weighted by Gasteiger charge is 2.19. The minimum absolute atomic E-state index is 0.610.